The van der Waals surface area contributed by atoms with Crippen LogP contribution in [0.25, 0.3) is 77.4 Å². The molecule has 0 aliphatic carbocycles. The van der Waals surface area contributed by atoms with Crippen LogP contribution in [0.5, 0.6) is 0 Å². The summed E-state index contributed by atoms with van der Waals surface area (Å²) >= 11 is 0. The number of nitrogens with zero attached hydrogens (tertiary/aromatic N) is 3. The zero-order valence-corrected chi connectivity index (χ0v) is 26.2. The predicted octanol–water partition coefficient (Wildman–Crippen LogP) is 12.2. The molecule has 0 saturated heterocycles. The predicted molar refractivity (Wildman–Crippen MR) is 200 cm³/mol. The van der Waals surface area contributed by atoms with Gasteiger partial charge in [0.05, 0.1) is 5.69 Å². The fourth-order valence-corrected chi connectivity index (χ4v) is 7.06. The van der Waals surface area contributed by atoms with Gasteiger partial charge in [-0.3, -0.25) is 0 Å². The minimum absolute atomic E-state index is 0.615. The van der Waals surface area contributed by atoms with Gasteiger partial charge in [0.2, 0.25) is 0 Å². The van der Waals surface area contributed by atoms with Gasteiger partial charge < -0.3 is 13.7 Å². The number of aromatic nitrogens is 2. The summed E-state index contributed by atoms with van der Waals surface area (Å²) in [5.74, 6) is 0.615. The Kier molecular flexibility index (Phi) is 6.11. The first-order chi connectivity index (χ1) is 24.3. The van der Waals surface area contributed by atoms with Crippen LogP contribution in [0.3, 0.4) is 0 Å². The van der Waals surface area contributed by atoms with E-state index in [-0.39, 0.29) is 0 Å². The molecule has 3 aromatic heterocycles. The Labute approximate surface area is 281 Å². The molecule has 230 valence electrons. The van der Waals surface area contributed by atoms with E-state index in [1.807, 2.05) is 48.5 Å². The van der Waals surface area contributed by atoms with E-state index in [0.717, 1.165) is 83.1 Å². The molecule has 0 aliphatic heterocycles. The van der Waals surface area contributed by atoms with Gasteiger partial charge in [0.1, 0.15) is 22.4 Å². The van der Waals surface area contributed by atoms with Crippen LogP contribution < -0.4 is 4.90 Å². The number of hydrogen-bond acceptors (Lipinski definition) is 5. The van der Waals surface area contributed by atoms with Crippen LogP contribution in [-0.4, -0.2) is 9.97 Å². The van der Waals surface area contributed by atoms with Crippen molar-refractivity contribution in [2.45, 2.75) is 0 Å². The molecule has 49 heavy (non-hydrogen) atoms. The lowest BCUT2D eigenvalue weighted by molar-refractivity contribution is 0.667. The van der Waals surface area contributed by atoms with E-state index in [0.29, 0.717) is 11.4 Å². The van der Waals surface area contributed by atoms with E-state index < -0.39 is 0 Å². The van der Waals surface area contributed by atoms with Crippen LogP contribution in [-0.2, 0) is 0 Å². The van der Waals surface area contributed by atoms with Crippen molar-refractivity contribution in [2.24, 2.45) is 0 Å². The Balaban J connectivity index is 1.32. The van der Waals surface area contributed by atoms with Crippen molar-refractivity contribution in [1.29, 1.82) is 0 Å². The van der Waals surface area contributed by atoms with E-state index in [1.54, 1.807) is 0 Å². The summed E-state index contributed by atoms with van der Waals surface area (Å²) in [5.41, 5.74) is 9.49. The summed E-state index contributed by atoms with van der Waals surface area (Å²) in [5, 5.41) is 5.01. The monoisotopic (exact) mass is 629 g/mol. The fourth-order valence-electron chi connectivity index (χ4n) is 7.06. The number of benzene rings is 7. The van der Waals surface area contributed by atoms with Crippen molar-refractivity contribution in [2.75, 3.05) is 4.90 Å². The van der Waals surface area contributed by atoms with E-state index >= 15 is 0 Å². The number of rotatable bonds is 5. The minimum atomic E-state index is 0.615. The molecular weight excluding hydrogens is 603 g/mol. The second-order valence-electron chi connectivity index (χ2n) is 12.1. The van der Waals surface area contributed by atoms with Gasteiger partial charge in [-0.15, -0.1) is 0 Å². The number of anilines is 3. The van der Waals surface area contributed by atoms with Crippen LogP contribution in [0.2, 0.25) is 0 Å². The molecular formula is C44H27N3O2. The zero-order chi connectivity index (χ0) is 32.3. The highest BCUT2D eigenvalue weighted by molar-refractivity contribution is 6.23. The summed E-state index contributed by atoms with van der Waals surface area (Å²) in [7, 11) is 0. The molecule has 0 N–H and O–H groups in total. The first-order valence-corrected chi connectivity index (χ1v) is 16.3. The van der Waals surface area contributed by atoms with Crippen molar-refractivity contribution in [3.8, 4) is 22.6 Å². The van der Waals surface area contributed by atoms with Gasteiger partial charge in [0, 0.05) is 44.0 Å². The highest BCUT2D eigenvalue weighted by Gasteiger charge is 2.25. The van der Waals surface area contributed by atoms with Gasteiger partial charge >= 0.3 is 0 Å². The lowest BCUT2D eigenvalue weighted by Gasteiger charge is -2.25. The second-order valence-corrected chi connectivity index (χ2v) is 12.1. The van der Waals surface area contributed by atoms with Crippen molar-refractivity contribution in [3.05, 3.63) is 164 Å². The van der Waals surface area contributed by atoms with Crippen LogP contribution in [0, 0.1) is 0 Å². The average molecular weight is 630 g/mol. The normalized spacial score (nSPS) is 11.7. The largest absolute Gasteiger partial charge is 0.453 e. The maximum Gasteiger partial charge on any atom is 0.180 e. The Morgan fingerprint density at radius 3 is 1.86 bits per heavy atom. The molecule has 0 fully saturated rings. The van der Waals surface area contributed by atoms with Gasteiger partial charge in [-0.25, -0.2) is 9.97 Å². The average Bonchev–Trinajstić information content (AvgIpc) is 3.75. The van der Waals surface area contributed by atoms with Gasteiger partial charge in [0.25, 0.3) is 0 Å². The number of para-hydroxylation sites is 4. The molecule has 5 nitrogen and oxygen atoms in total. The Morgan fingerprint density at radius 2 is 1.10 bits per heavy atom. The van der Waals surface area contributed by atoms with Crippen molar-refractivity contribution in [3.63, 3.8) is 0 Å². The molecule has 0 aliphatic rings. The van der Waals surface area contributed by atoms with Gasteiger partial charge in [-0.05, 0) is 53.9 Å². The van der Waals surface area contributed by atoms with Crippen LogP contribution in [0.1, 0.15) is 0 Å². The molecule has 0 bridgehead atoms. The molecule has 0 amide bonds. The number of hydrogen-bond donors (Lipinski definition) is 0. The van der Waals surface area contributed by atoms with Crippen LogP contribution >= 0.6 is 0 Å². The third-order valence-corrected chi connectivity index (χ3v) is 9.25. The quantitative estimate of drug-likeness (QED) is 0.190. The summed E-state index contributed by atoms with van der Waals surface area (Å²) in [6, 6.07) is 56.0. The molecule has 0 atom stereocenters. The zero-order valence-electron chi connectivity index (χ0n) is 26.2. The fraction of sp³-hybridized carbons (Fsp3) is 0. The lowest BCUT2D eigenvalue weighted by Crippen LogP contribution is -2.09. The first-order valence-electron chi connectivity index (χ1n) is 16.3. The maximum absolute atomic E-state index is 7.02. The SMILES string of the molecule is c1ccc(-c2nc(-c3cc4ccccc4c4oc5c(N(c6ccccc6)c6ccccc6)cccc5c34)nc3c2oc2ccccc23)cc1. The third kappa shape index (κ3) is 4.33. The second kappa shape index (κ2) is 10.9. The van der Waals surface area contributed by atoms with E-state index in [9.17, 15) is 0 Å². The van der Waals surface area contributed by atoms with Crippen molar-refractivity contribution in [1.82, 2.24) is 9.97 Å². The summed E-state index contributed by atoms with van der Waals surface area (Å²) in [4.78, 5) is 12.8. The molecule has 10 rings (SSSR count). The highest BCUT2D eigenvalue weighted by Crippen LogP contribution is 2.46. The molecule has 10 aromatic rings. The lowest BCUT2D eigenvalue weighted by atomic mass is 9.99. The minimum Gasteiger partial charge on any atom is -0.453 e. The topological polar surface area (TPSA) is 55.3 Å². The Morgan fingerprint density at radius 1 is 0.469 bits per heavy atom. The first kappa shape index (κ1) is 27.4. The smallest absolute Gasteiger partial charge is 0.180 e. The van der Waals surface area contributed by atoms with E-state index in [2.05, 4.69) is 120 Å². The van der Waals surface area contributed by atoms with Crippen LogP contribution in [0.15, 0.2) is 173 Å². The van der Waals surface area contributed by atoms with Crippen LogP contribution in [0.4, 0.5) is 17.1 Å². The van der Waals surface area contributed by atoms with E-state index in [4.69, 9.17) is 18.8 Å². The number of furan rings is 2. The molecule has 3 heterocycles. The molecule has 0 radical (unpaired) electrons. The third-order valence-electron chi connectivity index (χ3n) is 9.25. The summed E-state index contributed by atoms with van der Waals surface area (Å²) in [6.45, 7) is 0. The Hall–Kier alpha value is -6.72. The molecule has 0 saturated carbocycles. The van der Waals surface area contributed by atoms with Gasteiger partial charge in [-0.1, -0.05) is 115 Å². The molecule has 7 aromatic carbocycles. The molecule has 0 unspecified atom stereocenters. The maximum atomic E-state index is 7.02. The van der Waals surface area contributed by atoms with E-state index in [1.165, 1.54) is 0 Å². The standard InChI is InChI=1S/C44H27N3O2/c1-4-15-28(16-5-1)39-43-40(33-23-12-13-26-37(33)48-43)46-44(45-39)35-27-29-17-10-11-22-32(29)42-38(35)34-24-14-25-36(41(34)49-42)47(30-18-6-2-7-19-30)31-20-8-3-9-21-31/h1-27H. The summed E-state index contributed by atoms with van der Waals surface area (Å²) in [6.07, 6.45) is 0. The molecule has 5 heteroatoms. The van der Waals surface area contributed by atoms with Gasteiger partial charge in [-0.2, -0.15) is 0 Å². The van der Waals surface area contributed by atoms with Gasteiger partial charge in [0.15, 0.2) is 17.0 Å². The summed E-state index contributed by atoms with van der Waals surface area (Å²) < 4.78 is 13.4. The molecule has 0 spiro atoms. The Bertz CT molecular complexity index is 2780. The van der Waals surface area contributed by atoms with Crippen molar-refractivity contribution < 1.29 is 8.83 Å². The highest BCUT2D eigenvalue weighted by atomic mass is 16.3. The number of fused-ring (bicyclic) bond motifs is 8. The van der Waals surface area contributed by atoms with Crippen molar-refractivity contribution >= 4 is 71.8 Å².